The van der Waals surface area contributed by atoms with Gasteiger partial charge in [0.15, 0.2) is 0 Å². The van der Waals surface area contributed by atoms with Crippen LogP contribution in [0.3, 0.4) is 0 Å². The first-order chi connectivity index (χ1) is 11.9. The fraction of sp³-hybridized carbons (Fsp3) is 0.294. The van der Waals surface area contributed by atoms with Crippen molar-refractivity contribution in [3.8, 4) is 0 Å². The molecule has 2 aromatic rings. The lowest BCUT2D eigenvalue weighted by Gasteiger charge is -2.35. The van der Waals surface area contributed by atoms with Gasteiger partial charge in [-0.15, -0.1) is 0 Å². The zero-order valence-corrected chi connectivity index (χ0v) is 13.3. The lowest BCUT2D eigenvalue weighted by Crippen LogP contribution is -2.41. The number of amides is 1. The Bertz CT molecular complexity index is 784. The van der Waals surface area contributed by atoms with E-state index < -0.39 is 11.7 Å². The summed E-state index contributed by atoms with van der Waals surface area (Å²) < 4.78 is 40.7. The Labute approximate surface area is 142 Å². The smallest absolute Gasteiger partial charge is 0.352 e. The number of rotatable bonds is 4. The number of fused-ring (bicyclic) bond motifs is 1. The molecule has 0 bridgehead atoms. The molecule has 2 heterocycles. The van der Waals surface area contributed by atoms with Crippen LogP contribution in [0.15, 0.2) is 49.2 Å². The molecule has 1 aromatic carbocycles. The third-order valence-electron chi connectivity index (χ3n) is 4.08. The van der Waals surface area contributed by atoms with Crippen molar-refractivity contribution in [1.29, 1.82) is 0 Å². The summed E-state index contributed by atoms with van der Waals surface area (Å²) in [6, 6.07) is 6.96. The van der Waals surface area contributed by atoms with Crippen LogP contribution in [0.1, 0.15) is 5.56 Å². The van der Waals surface area contributed by atoms with E-state index in [2.05, 4.69) is 17.0 Å². The van der Waals surface area contributed by atoms with Crippen LogP contribution in [0.4, 0.5) is 24.7 Å². The van der Waals surface area contributed by atoms with Crippen molar-refractivity contribution in [3.63, 3.8) is 0 Å². The molecule has 25 heavy (non-hydrogen) atoms. The largest absolute Gasteiger partial charge is 0.416 e. The van der Waals surface area contributed by atoms with Crippen molar-refractivity contribution in [2.75, 3.05) is 18.0 Å². The number of aromatic nitrogens is 2. The lowest BCUT2D eigenvalue weighted by atomic mass is 10.1. The standard InChI is InChI=1S/C17H17F3N4O/c1-2-15(25)21-9-12-10-23(16-6-7-22-24(16)11-12)14-5-3-4-13(8-14)17(18,19)20/h2-8,12H,1,9-11H2,(H,21,25). The molecule has 0 radical (unpaired) electrons. The molecular weight excluding hydrogens is 333 g/mol. The molecule has 5 nitrogen and oxygen atoms in total. The van der Waals surface area contributed by atoms with E-state index in [-0.39, 0.29) is 11.8 Å². The minimum atomic E-state index is -4.40. The number of hydrogen-bond acceptors (Lipinski definition) is 3. The van der Waals surface area contributed by atoms with Gasteiger partial charge >= 0.3 is 6.18 Å². The van der Waals surface area contributed by atoms with Crippen molar-refractivity contribution >= 4 is 17.4 Å². The van der Waals surface area contributed by atoms with Crippen LogP contribution >= 0.6 is 0 Å². The fourth-order valence-corrected chi connectivity index (χ4v) is 2.88. The summed E-state index contributed by atoms with van der Waals surface area (Å²) in [5, 5.41) is 6.95. The van der Waals surface area contributed by atoms with Crippen LogP contribution < -0.4 is 10.2 Å². The van der Waals surface area contributed by atoms with Crippen molar-refractivity contribution in [1.82, 2.24) is 15.1 Å². The number of carbonyl (C=O) groups excluding carboxylic acids is 1. The summed E-state index contributed by atoms with van der Waals surface area (Å²) in [7, 11) is 0. The van der Waals surface area contributed by atoms with Crippen LogP contribution in [0.2, 0.25) is 0 Å². The third kappa shape index (κ3) is 3.67. The van der Waals surface area contributed by atoms with Crippen LogP contribution in [0.25, 0.3) is 0 Å². The van der Waals surface area contributed by atoms with Gasteiger partial charge in [-0.25, -0.2) is 4.68 Å². The van der Waals surface area contributed by atoms with E-state index in [9.17, 15) is 18.0 Å². The van der Waals surface area contributed by atoms with Gasteiger partial charge in [-0.2, -0.15) is 18.3 Å². The van der Waals surface area contributed by atoms with Crippen LogP contribution in [0, 0.1) is 5.92 Å². The second-order valence-corrected chi connectivity index (χ2v) is 5.85. The van der Waals surface area contributed by atoms with E-state index >= 15 is 0 Å². The first-order valence-corrected chi connectivity index (χ1v) is 7.75. The Morgan fingerprint density at radius 3 is 2.88 bits per heavy atom. The summed E-state index contributed by atoms with van der Waals surface area (Å²) in [6.07, 6.45) is -1.60. The molecule has 1 aliphatic heterocycles. The maximum absolute atomic E-state index is 13.0. The zero-order valence-electron chi connectivity index (χ0n) is 13.3. The molecule has 0 spiro atoms. The van der Waals surface area contributed by atoms with Gasteiger partial charge in [0.2, 0.25) is 5.91 Å². The number of nitrogens with one attached hydrogen (secondary N) is 1. The molecule has 132 valence electrons. The molecule has 0 aliphatic carbocycles. The third-order valence-corrected chi connectivity index (χ3v) is 4.08. The maximum Gasteiger partial charge on any atom is 0.416 e. The van der Waals surface area contributed by atoms with E-state index in [0.717, 1.165) is 18.0 Å². The van der Waals surface area contributed by atoms with Gasteiger partial charge in [-0.05, 0) is 24.3 Å². The molecule has 0 saturated carbocycles. The number of benzene rings is 1. The summed E-state index contributed by atoms with van der Waals surface area (Å²) >= 11 is 0. The minimum Gasteiger partial charge on any atom is -0.352 e. The molecule has 1 aliphatic rings. The Morgan fingerprint density at radius 2 is 2.16 bits per heavy atom. The second-order valence-electron chi connectivity index (χ2n) is 5.85. The molecule has 1 aromatic heterocycles. The average Bonchev–Trinajstić information content (AvgIpc) is 3.06. The van der Waals surface area contributed by atoms with Crippen LogP contribution in [-0.2, 0) is 17.5 Å². The number of carbonyl (C=O) groups is 1. The minimum absolute atomic E-state index is 0.00541. The highest BCUT2D eigenvalue weighted by Crippen LogP contribution is 2.35. The molecule has 1 unspecified atom stereocenters. The predicted molar refractivity (Wildman–Crippen MR) is 87.4 cm³/mol. The Hall–Kier alpha value is -2.77. The van der Waals surface area contributed by atoms with E-state index in [1.807, 2.05) is 0 Å². The Kier molecular flexibility index (Phi) is 4.52. The van der Waals surface area contributed by atoms with Gasteiger partial charge in [0.05, 0.1) is 11.8 Å². The van der Waals surface area contributed by atoms with Gasteiger partial charge in [0.25, 0.3) is 0 Å². The van der Waals surface area contributed by atoms with Gasteiger partial charge in [-0.1, -0.05) is 12.6 Å². The first kappa shape index (κ1) is 17.1. The molecule has 0 saturated heterocycles. The van der Waals surface area contributed by atoms with Crippen molar-refractivity contribution < 1.29 is 18.0 Å². The van der Waals surface area contributed by atoms with E-state index in [4.69, 9.17) is 0 Å². The zero-order chi connectivity index (χ0) is 18.0. The molecular formula is C17H17F3N4O. The molecule has 0 fully saturated rings. The van der Waals surface area contributed by atoms with Crippen molar-refractivity contribution in [3.05, 3.63) is 54.7 Å². The average molecular weight is 350 g/mol. The Balaban J connectivity index is 1.87. The van der Waals surface area contributed by atoms with Crippen LogP contribution in [0.5, 0.6) is 0 Å². The quantitative estimate of drug-likeness (QED) is 0.863. The van der Waals surface area contributed by atoms with Gasteiger partial charge in [0, 0.05) is 37.3 Å². The predicted octanol–water partition coefficient (Wildman–Crippen LogP) is 2.97. The Morgan fingerprint density at radius 1 is 1.36 bits per heavy atom. The maximum atomic E-state index is 13.0. The first-order valence-electron chi connectivity index (χ1n) is 7.75. The summed E-state index contributed by atoms with van der Waals surface area (Å²) in [6.45, 7) is 4.84. The highest BCUT2D eigenvalue weighted by Gasteiger charge is 2.32. The van der Waals surface area contributed by atoms with Gasteiger partial charge in [-0.3, -0.25) is 4.79 Å². The SMILES string of the molecule is C=CC(=O)NCC1CN(c2cccc(C(F)(F)F)c2)c2ccnn2C1. The molecule has 1 atom stereocenters. The van der Waals surface area contributed by atoms with E-state index in [1.54, 1.807) is 27.9 Å². The fourth-order valence-electron chi connectivity index (χ4n) is 2.88. The molecule has 8 heteroatoms. The number of nitrogens with zero attached hydrogens (tertiary/aromatic N) is 3. The van der Waals surface area contributed by atoms with Gasteiger partial charge < -0.3 is 10.2 Å². The lowest BCUT2D eigenvalue weighted by molar-refractivity contribution is -0.137. The molecule has 1 N–H and O–H groups in total. The summed E-state index contributed by atoms with van der Waals surface area (Å²) in [4.78, 5) is 13.2. The molecule has 3 rings (SSSR count). The normalized spacial score (nSPS) is 17.1. The number of halogens is 3. The highest BCUT2D eigenvalue weighted by molar-refractivity contribution is 5.86. The number of alkyl halides is 3. The van der Waals surface area contributed by atoms with E-state index in [0.29, 0.717) is 25.3 Å². The highest BCUT2D eigenvalue weighted by atomic mass is 19.4. The monoisotopic (exact) mass is 350 g/mol. The molecule has 1 amide bonds. The summed E-state index contributed by atoms with van der Waals surface area (Å²) in [5.41, 5.74) is -0.255. The number of hydrogen-bond donors (Lipinski definition) is 1. The van der Waals surface area contributed by atoms with Gasteiger partial charge in [0.1, 0.15) is 5.82 Å². The second kappa shape index (κ2) is 6.62. The summed E-state index contributed by atoms with van der Waals surface area (Å²) in [5.74, 6) is 0.452. The van der Waals surface area contributed by atoms with Crippen molar-refractivity contribution in [2.24, 2.45) is 5.92 Å². The topological polar surface area (TPSA) is 50.2 Å². The van der Waals surface area contributed by atoms with Crippen LogP contribution in [-0.4, -0.2) is 28.8 Å². The number of anilines is 2. The van der Waals surface area contributed by atoms with E-state index in [1.165, 1.54) is 12.1 Å². The van der Waals surface area contributed by atoms with Crippen molar-refractivity contribution in [2.45, 2.75) is 12.7 Å².